The third-order valence-corrected chi connectivity index (χ3v) is 5.96. The van der Waals surface area contributed by atoms with Crippen LogP contribution < -0.4 is 10.4 Å². The zero-order valence-corrected chi connectivity index (χ0v) is 18.2. The van der Waals surface area contributed by atoms with Crippen LogP contribution in [0.2, 0.25) is 0 Å². The van der Waals surface area contributed by atoms with Crippen LogP contribution in [0.1, 0.15) is 45.7 Å². The zero-order chi connectivity index (χ0) is 23.7. The van der Waals surface area contributed by atoms with Crippen molar-refractivity contribution in [3.63, 3.8) is 0 Å². The minimum Gasteiger partial charge on any atom is -0.502 e. The predicted octanol–water partition coefficient (Wildman–Crippen LogP) is 2.06. The number of hydrogen-bond acceptors (Lipinski definition) is 6. The van der Waals surface area contributed by atoms with Gasteiger partial charge in [-0.05, 0) is 36.8 Å². The largest absolute Gasteiger partial charge is 0.502 e. The van der Waals surface area contributed by atoms with Gasteiger partial charge in [-0.15, -0.1) is 0 Å². The molecule has 0 unspecified atom stereocenters. The fourth-order valence-electron chi connectivity index (χ4n) is 3.91. The van der Waals surface area contributed by atoms with Crippen LogP contribution in [0.4, 0.5) is 8.78 Å². The molecular formula is C23H25F2N3O5. The molecule has 1 fully saturated rings. The first-order chi connectivity index (χ1) is 15.8. The van der Waals surface area contributed by atoms with Gasteiger partial charge in [-0.1, -0.05) is 6.07 Å². The lowest BCUT2D eigenvalue weighted by Gasteiger charge is -2.40. The minimum absolute atomic E-state index is 0.0393. The van der Waals surface area contributed by atoms with E-state index in [1.165, 1.54) is 28.9 Å². The van der Waals surface area contributed by atoms with E-state index in [4.69, 9.17) is 4.74 Å². The third kappa shape index (κ3) is 4.75. The molecule has 2 aromatic rings. The SMILES string of the molecule is COCCN1CN(CC2CC2)n2cc(C(=O)CCc3ccc(F)cc3F)c(=O)c(O)c2C1=O. The number of aryl methyl sites for hydroxylation is 1. The van der Waals surface area contributed by atoms with Gasteiger partial charge in [-0.2, -0.15) is 0 Å². The molecule has 0 spiro atoms. The van der Waals surface area contributed by atoms with Gasteiger partial charge in [0.1, 0.15) is 18.3 Å². The Morgan fingerprint density at radius 2 is 2.00 bits per heavy atom. The number of Topliss-reactive ketones (excluding diaryl/α,β-unsaturated/α-hetero) is 1. The zero-order valence-electron chi connectivity index (χ0n) is 18.2. The highest BCUT2D eigenvalue weighted by atomic mass is 19.1. The molecule has 2 aliphatic rings. The number of aromatic hydroxyl groups is 1. The van der Waals surface area contributed by atoms with Gasteiger partial charge in [0, 0.05) is 38.9 Å². The number of ether oxygens (including phenoxy) is 1. The number of pyridine rings is 1. The van der Waals surface area contributed by atoms with Crippen molar-refractivity contribution in [1.82, 2.24) is 9.58 Å². The summed E-state index contributed by atoms with van der Waals surface area (Å²) in [5.74, 6) is -2.99. The molecule has 0 saturated heterocycles. The van der Waals surface area contributed by atoms with E-state index >= 15 is 0 Å². The average molecular weight is 461 g/mol. The van der Waals surface area contributed by atoms with Crippen molar-refractivity contribution in [2.45, 2.75) is 25.7 Å². The molecule has 1 aromatic carbocycles. The maximum absolute atomic E-state index is 13.9. The Bertz CT molecular complexity index is 1150. The number of ketones is 1. The van der Waals surface area contributed by atoms with Gasteiger partial charge in [-0.3, -0.25) is 24.1 Å². The minimum atomic E-state index is -0.945. The lowest BCUT2D eigenvalue weighted by Crippen LogP contribution is -2.55. The van der Waals surface area contributed by atoms with E-state index in [0.29, 0.717) is 19.1 Å². The van der Waals surface area contributed by atoms with Crippen molar-refractivity contribution in [2.24, 2.45) is 5.92 Å². The van der Waals surface area contributed by atoms with E-state index in [1.54, 1.807) is 0 Å². The van der Waals surface area contributed by atoms with Gasteiger partial charge in [0.05, 0.1) is 12.2 Å². The molecule has 33 heavy (non-hydrogen) atoms. The second-order valence-corrected chi connectivity index (χ2v) is 8.41. The summed E-state index contributed by atoms with van der Waals surface area (Å²) in [5, 5.41) is 12.4. The van der Waals surface area contributed by atoms with E-state index in [2.05, 4.69) is 0 Å². The van der Waals surface area contributed by atoms with Gasteiger partial charge in [-0.25, -0.2) is 8.78 Å². The van der Waals surface area contributed by atoms with Gasteiger partial charge >= 0.3 is 0 Å². The summed E-state index contributed by atoms with van der Waals surface area (Å²) in [5.41, 5.74) is -1.27. The van der Waals surface area contributed by atoms with Crippen LogP contribution in [0.5, 0.6) is 5.75 Å². The van der Waals surface area contributed by atoms with Crippen LogP contribution in [0.25, 0.3) is 0 Å². The number of aromatic nitrogens is 1. The van der Waals surface area contributed by atoms with Crippen LogP contribution in [0.3, 0.4) is 0 Å². The molecule has 1 aromatic heterocycles. The van der Waals surface area contributed by atoms with E-state index in [0.717, 1.165) is 25.0 Å². The molecule has 0 radical (unpaired) electrons. The number of methoxy groups -OCH3 is 1. The van der Waals surface area contributed by atoms with Gasteiger partial charge in [0.2, 0.25) is 5.43 Å². The van der Waals surface area contributed by atoms with Gasteiger partial charge in [0.25, 0.3) is 5.91 Å². The number of benzene rings is 1. The molecule has 1 N–H and O–H groups in total. The van der Waals surface area contributed by atoms with Gasteiger partial charge < -0.3 is 14.7 Å². The first-order valence-corrected chi connectivity index (χ1v) is 10.8. The summed E-state index contributed by atoms with van der Waals surface area (Å²) in [6.07, 6.45) is 3.11. The molecule has 0 bridgehead atoms. The summed E-state index contributed by atoms with van der Waals surface area (Å²) in [6.45, 7) is 1.40. The Morgan fingerprint density at radius 3 is 2.67 bits per heavy atom. The highest BCUT2D eigenvalue weighted by Crippen LogP contribution is 2.31. The number of fused-ring (bicyclic) bond motifs is 1. The second kappa shape index (κ2) is 9.30. The number of nitrogens with zero attached hydrogens (tertiary/aromatic N) is 3. The molecular weight excluding hydrogens is 436 g/mol. The van der Waals surface area contributed by atoms with E-state index in [-0.39, 0.29) is 42.9 Å². The molecule has 1 saturated carbocycles. The fraction of sp³-hybridized carbons (Fsp3) is 0.435. The first-order valence-electron chi connectivity index (χ1n) is 10.8. The number of rotatable bonds is 9. The standard InChI is InChI=1S/C23H25F2N3O5/c1-33-9-8-26-13-27(11-14-2-3-14)28-12-17(21(30)22(31)20(28)23(26)32)19(29)7-5-15-4-6-16(24)10-18(15)25/h4,6,10,12,14,31H,2-3,5,7-9,11,13H2,1H3. The topological polar surface area (TPSA) is 92.1 Å². The number of carbonyl (C=O) groups excluding carboxylic acids is 2. The molecule has 10 heteroatoms. The van der Waals surface area contributed by atoms with Crippen molar-refractivity contribution >= 4 is 11.7 Å². The lowest BCUT2D eigenvalue weighted by molar-refractivity contribution is 0.0620. The van der Waals surface area contributed by atoms with Crippen LogP contribution in [-0.2, 0) is 11.2 Å². The highest BCUT2D eigenvalue weighted by Gasteiger charge is 2.36. The Hall–Kier alpha value is -3.27. The number of hydrogen-bond donors (Lipinski definition) is 1. The molecule has 1 amide bonds. The smallest absolute Gasteiger partial charge is 0.277 e. The summed E-state index contributed by atoms with van der Waals surface area (Å²) < 4.78 is 33.5. The molecule has 0 atom stereocenters. The van der Waals surface area contributed by atoms with Crippen LogP contribution in [0.15, 0.2) is 29.2 Å². The fourth-order valence-corrected chi connectivity index (χ4v) is 3.91. The summed E-state index contributed by atoms with van der Waals surface area (Å²) in [6, 6.07) is 3.08. The van der Waals surface area contributed by atoms with Crippen molar-refractivity contribution in [3.8, 4) is 5.75 Å². The quantitative estimate of drug-likeness (QED) is 0.575. The molecule has 4 rings (SSSR count). The Balaban J connectivity index is 1.64. The third-order valence-electron chi connectivity index (χ3n) is 5.96. The predicted molar refractivity (Wildman–Crippen MR) is 115 cm³/mol. The van der Waals surface area contributed by atoms with E-state index in [1.807, 2.05) is 5.01 Å². The highest BCUT2D eigenvalue weighted by molar-refractivity contribution is 6.00. The van der Waals surface area contributed by atoms with Crippen molar-refractivity contribution in [3.05, 3.63) is 63.1 Å². The number of carbonyl (C=O) groups is 2. The summed E-state index contributed by atoms with van der Waals surface area (Å²) >= 11 is 0. The van der Waals surface area contributed by atoms with Crippen molar-refractivity contribution in [2.75, 3.05) is 38.5 Å². The molecule has 2 heterocycles. The maximum Gasteiger partial charge on any atom is 0.277 e. The molecule has 176 valence electrons. The summed E-state index contributed by atoms with van der Waals surface area (Å²) in [7, 11) is 1.52. The van der Waals surface area contributed by atoms with Crippen molar-refractivity contribution in [1.29, 1.82) is 0 Å². The van der Waals surface area contributed by atoms with Gasteiger partial charge in [0.15, 0.2) is 17.2 Å². The molecule has 1 aliphatic carbocycles. The van der Waals surface area contributed by atoms with E-state index in [9.17, 15) is 28.3 Å². The Kier molecular flexibility index (Phi) is 6.46. The number of halogens is 2. The summed E-state index contributed by atoms with van der Waals surface area (Å²) in [4.78, 5) is 40.1. The Labute approximate surface area is 188 Å². The average Bonchev–Trinajstić information content (AvgIpc) is 3.60. The number of amides is 1. The first kappa shape index (κ1) is 22.9. The molecule has 8 nitrogen and oxygen atoms in total. The van der Waals surface area contributed by atoms with Crippen LogP contribution in [0, 0.1) is 17.6 Å². The monoisotopic (exact) mass is 461 g/mol. The van der Waals surface area contributed by atoms with E-state index < -0.39 is 34.5 Å². The lowest BCUT2D eigenvalue weighted by atomic mass is 10.0. The van der Waals surface area contributed by atoms with Crippen molar-refractivity contribution < 1.29 is 28.2 Å². The second-order valence-electron chi connectivity index (χ2n) is 8.41. The van der Waals surface area contributed by atoms with Crippen LogP contribution in [-0.4, -0.2) is 59.8 Å². The molecule has 1 aliphatic heterocycles. The maximum atomic E-state index is 13.9. The van der Waals surface area contributed by atoms with Crippen LogP contribution >= 0.6 is 0 Å². The normalized spacial score (nSPS) is 15.7. The Morgan fingerprint density at radius 1 is 1.24 bits per heavy atom.